The Morgan fingerprint density at radius 1 is 1.09 bits per heavy atom. The van der Waals surface area contributed by atoms with E-state index in [9.17, 15) is 0 Å². The summed E-state index contributed by atoms with van der Waals surface area (Å²) < 4.78 is 0. The molecule has 2 aromatic carbocycles. The minimum absolute atomic E-state index is 0.159. The molecular formula is C27H35N5. The van der Waals surface area contributed by atoms with E-state index in [0.717, 1.165) is 41.6 Å². The Morgan fingerprint density at radius 3 is 2.84 bits per heavy atom. The third-order valence-electron chi connectivity index (χ3n) is 7.82. The first kappa shape index (κ1) is 21.2. The maximum absolute atomic E-state index is 4.50. The average molecular weight is 430 g/mol. The zero-order valence-corrected chi connectivity index (χ0v) is 19.8. The number of aromatic nitrogens is 2. The van der Waals surface area contributed by atoms with E-state index < -0.39 is 0 Å². The highest BCUT2D eigenvalue weighted by atomic mass is 15.2. The molecule has 5 heteroatoms. The van der Waals surface area contributed by atoms with Gasteiger partial charge in [0.2, 0.25) is 0 Å². The lowest BCUT2D eigenvalue weighted by Gasteiger charge is -2.46. The molecule has 0 aliphatic carbocycles. The number of rotatable bonds is 4. The molecule has 2 aliphatic heterocycles. The number of hydrogen-bond donors (Lipinski definition) is 1. The number of likely N-dealkylation sites (tertiary alicyclic amines) is 1. The summed E-state index contributed by atoms with van der Waals surface area (Å²) in [4.78, 5) is 5.16. The second-order valence-electron chi connectivity index (χ2n) is 9.80. The minimum atomic E-state index is 0.159. The van der Waals surface area contributed by atoms with Crippen molar-refractivity contribution in [3.63, 3.8) is 0 Å². The first-order valence-corrected chi connectivity index (χ1v) is 12.0. The van der Waals surface area contributed by atoms with Crippen LogP contribution in [0.15, 0.2) is 42.6 Å². The highest BCUT2D eigenvalue weighted by Gasteiger charge is 2.34. The van der Waals surface area contributed by atoms with Crippen LogP contribution in [0.25, 0.3) is 10.8 Å². The quantitative estimate of drug-likeness (QED) is 0.606. The lowest BCUT2D eigenvalue weighted by Crippen LogP contribution is -2.52. The molecule has 5 rings (SSSR count). The predicted octanol–water partition coefficient (Wildman–Crippen LogP) is 5.34. The van der Waals surface area contributed by atoms with Crippen LogP contribution in [0, 0.1) is 19.8 Å². The fraction of sp³-hybridized carbons (Fsp3) is 0.481. The maximum Gasteiger partial charge on any atom is 0.157 e. The van der Waals surface area contributed by atoms with E-state index in [1.54, 1.807) is 0 Å². The zero-order valence-electron chi connectivity index (χ0n) is 19.8. The lowest BCUT2D eigenvalue weighted by molar-refractivity contribution is 0.102. The van der Waals surface area contributed by atoms with Crippen molar-refractivity contribution in [1.29, 1.82) is 0 Å². The van der Waals surface area contributed by atoms with E-state index in [2.05, 4.69) is 89.5 Å². The van der Waals surface area contributed by atoms with Crippen LogP contribution in [-0.2, 0) is 0 Å². The fourth-order valence-corrected chi connectivity index (χ4v) is 5.78. The number of anilines is 2. The smallest absolute Gasteiger partial charge is 0.157 e. The molecule has 168 valence electrons. The van der Waals surface area contributed by atoms with Gasteiger partial charge in [0.05, 0.1) is 12.2 Å². The minimum Gasteiger partial charge on any atom is -0.371 e. The Balaban J connectivity index is 1.42. The first-order chi connectivity index (χ1) is 15.5. The van der Waals surface area contributed by atoms with Crippen molar-refractivity contribution >= 4 is 22.3 Å². The van der Waals surface area contributed by atoms with Gasteiger partial charge in [0, 0.05) is 35.6 Å². The summed E-state index contributed by atoms with van der Waals surface area (Å²) >= 11 is 0. The normalized spacial score (nSPS) is 22.6. The summed E-state index contributed by atoms with van der Waals surface area (Å²) in [5.74, 6) is 1.64. The van der Waals surface area contributed by atoms with Crippen molar-refractivity contribution in [3.8, 4) is 0 Å². The molecule has 3 heterocycles. The molecule has 0 spiro atoms. The summed E-state index contributed by atoms with van der Waals surface area (Å²) in [5.41, 5.74) is 5.27. The van der Waals surface area contributed by atoms with E-state index in [0.29, 0.717) is 0 Å². The lowest BCUT2D eigenvalue weighted by atomic mass is 9.84. The Morgan fingerprint density at radius 2 is 1.97 bits per heavy atom. The molecule has 0 radical (unpaired) electrons. The fourth-order valence-electron chi connectivity index (χ4n) is 5.78. The van der Waals surface area contributed by atoms with Gasteiger partial charge in [0.25, 0.3) is 0 Å². The van der Waals surface area contributed by atoms with Crippen molar-refractivity contribution in [2.75, 3.05) is 36.9 Å². The summed E-state index contributed by atoms with van der Waals surface area (Å²) in [7, 11) is 2.30. The monoisotopic (exact) mass is 429 g/mol. The molecule has 1 aromatic heterocycles. The van der Waals surface area contributed by atoms with Gasteiger partial charge in [-0.05, 0) is 88.4 Å². The summed E-state index contributed by atoms with van der Waals surface area (Å²) in [6.45, 7) is 10.1. The Labute approximate surface area is 191 Å². The molecule has 2 fully saturated rings. The van der Waals surface area contributed by atoms with Crippen LogP contribution in [-0.4, -0.2) is 47.8 Å². The molecule has 3 aromatic rings. The largest absolute Gasteiger partial charge is 0.371 e. The molecule has 32 heavy (non-hydrogen) atoms. The van der Waals surface area contributed by atoms with Crippen molar-refractivity contribution in [2.45, 2.75) is 52.1 Å². The van der Waals surface area contributed by atoms with Crippen LogP contribution in [0.3, 0.4) is 0 Å². The molecule has 3 atom stereocenters. The molecule has 0 bridgehead atoms. The van der Waals surface area contributed by atoms with Gasteiger partial charge in [-0.25, -0.2) is 0 Å². The van der Waals surface area contributed by atoms with E-state index in [4.69, 9.17) is 0 Å². The number of aryl methyl sites for hydroxylation is 1. The first-order valence-electron chi connectivity index (χ1n) is 12.0. The van der Waals surface area contributed by atoms with Crippen molar-refractivity contribution in [3.05, 3.63) is 59.3 Å². The third-order valence-corrected chi connectivity index (χ3v) is 7.82. The third kappa shape index (κ3) is 3.95. The summed E-state index contributed by atoms with van der Waals surface area (Å²) in [6.07, 6.45) is 5.80. The maximum atomic E-state index is 4.50. The molecule has 0 saturated carbocycles. The van der Waals surface area contributed by atoms with Crippen LogP contribution in [0.5, 0.6) is 0 Å². The molecule has 0 amide bonds. The zero-order chi connectivity index (χ0) is 22.2. The molecular weight excluding hydrogens is 394 g/mol. The van der Waals surface area contributed by atoms with Gasteiger partial charge in [-0.1, -0.05) is 24.3 Å². The van der Waals surface area contributed by atoms with E-state index >= 15 is 0 Å². The van der Waals surface area contributed by atoms with Gasteiger partial charge in [-0.3, -0.25) is 0 Å². The number of piperidine rings is 2. The standard InChI is InChI=1S/C27H35N5/c1-18-7-5-9-24(19(18)2)20(3)29-27-25-15-23(11-10-21(25)16-28-30-27)32-14-12-26-22(17-32)8-6-13-31(26)4/h5,7,9-11,15-16,20,22,26H,6,8,12-14,17H2,1-4H3,(H,29,30)/t20-,22?,26?/m1/s1. The van der Waals surface area contributed by atoms with Gasteiger partial charge in [0.1, 0.15) is 0 Å². The van der Waals surface area contributed by atoms with Gasteiger partial charge in [-0.15, -0.1) is 5.10 Å². The average Bonchev–Trinajstić information content (AvgIpc) is 2.80. The number of benzene rings is 2. The molecule has 1 N–H and O–H groups in total. The predicted molar refractivity (Wildman–Crippen MR) is 133 cm³/mol. The second-order valence-corrected chi connectivity index (χ2v) is 9.80. The van der Waals surface area contributed by atoms with Gasteiger partial charge in [0.15, 0.2) is 5.82 Å². The molecule has 2 saturated heterocycles. The van der Waals surface area contributed by atoms with Crippen LogP contribution in [0.2, 0.25) is 0 Å². The van der Waals surface area contributed by atoms with Gasteiger partial charge >= 0.3 is 0 Å². The Hall–Kier alpha value is -2.66. The molecule has 2 aliphatic rings. The summed E-state index contributed by atoms with van der Waals surface area (Å²) in [6, 6.07) is 14.2. The molecule has 5 nitrogen and oxygen atoms in total. The van der Waals surface area contributed by atoms with E-state index in [-0.39, 0.29) is 6.04 Å². The highest BCUT2D eigenvalue weighted by molar-refractivity contribution is 5.93. The van der Waals surface area contributed by atoms with Crippen LogP contribution in [0.4, 0.5) is 11.5 Å². The highest BCUT2D eigenvalue weighted by Crippen LogP contribution is 2.34. The number of nitrogens with zero attached hydrogens (tertiary/aromatic N) is 4. The van der Waals surface area contributed by atoms with E-state index in [1.165, 1.54) is 48.2 Å². The molecule has 2 unspecified atom stereocenters. The SMILES string of the molecule is Cc1cccc([C@@H](C)Nc2nncc3ccc(N4CCC5C(CCCN5C)C4)cc23)c1C. The van der Waals surface area contributed by atoms with Crippen molar-refractivity contribution in [2.24, 2.45) is 5.92 Å². The summed E-state index contributed by atoms with van der Waals surface area (Å²) in [5, 5.41) is 14.7. The van der Waals surface area contributed by atoms with Crippen molar-refractivity contribution in [1.82, 2.24) is 15.1 Å². The number of nitrogens with one attached hydrogen (secondary N) is 1. The van der Waals surface area contributed by atoms with E-state index in [1.807, 2.05) is 6.20 Å². The second kappa shape index (κ2) is 8.70. The number of fused-ring (bicyclic) bond motifs is 2. The van der Waals surface area contributed by atoms with Gasteiger partial charge in [-0.2, -0.15) is 5.10 Å². The van der Waals surface area contributed by atoms with Crippen LogP contribution >= 0.6 is 0 Å². The Kier molecular flexibility index (Phi) is 5.76. The number of hydrogen-bond acceptors (Lipinski definition) is 5. The van der Waals surface area contributed by atoms with Crippen LogP contribution < -0.4 is 10.2 Å². The van der Waals surface area contributed by atoms with Crippen molar-refractivity contribution < 1.29 is 0 Å². The Bertz CT molecular complexity index is 1110. The topological polar surface area (TPSA) is 44.3 Å². The van der Waals surface area contributed by atoms with Gasteiger partial charge < -0.3 is 15.1 Å². The van der Waals surface area contributed by atoms with Crippen LogP contribution in [0.1, 0.15) is 48.9 Å².